The van der Waals surface area contributed by atoms with Gasteiger partial charge in [0.05, 0.1) is 23.5 Å². The average molecular weight is 511 g/mol. The molecule has 5 rings (SSSR count). The van der Waals surface area contributed by atoms with Crippen LogP contribution < -0.4 is 0 Å². The maximum atomic E-state index is 11.2. The number of carbonyl (C=O) groups is 1. The lowest BCUT2D eigenvalue weighted by Gasteiger charge is -2.39. The highest BCUT2D eigenvalue weighted by Gasteiger charge is 2.26. The molecule has 0 saturated carbocycles. The van der Waals surface area contributed by atoms with Gasteiger partial charge in [-0.1, -0.05) is 80.1 Å². The van der Waals surface area contributed by atoms with Crippen LogP contribution in [0.3, 0.4) is 0 Å². The largest absolute Gasteiger partial charge is 0.481 e. The summed E-state index contributed by atoms with van der Waals surface area (Å²) in [5.74, 6) is 0.107. The van der Waals surface area contributed by atoms with E-state index >= 15 is 0 Å². The van der Waals surface area contributed by atoms with E-state index in [9.17, 15) is 9.90 Å². The molecule has 0 aliphatic carbocycles. The first-order chi connectivity index (χ1) is 18.6. The molecule has 3 aromatic carbocycles. The average Bonchev–Trinajstić information content (AvgIpc) is 3.29. The molecule has 1 N–H and O–H groups in total. The Hall–Kier alpha value is -3.48. The molecule has 1 aliphatic heterocycles. The van der Waals surface area contributed by atoms with Crippen LogP contribution in [-0.4, -0.2) is 56.6 Å². The van der Waals surface area contributed by atoms with Crippen LogP contribution in [0.4, 0.5) is 0 Å². The van der Waals surface area contributed by atoms with Crippen molar-refractivity contribution < 1.29 is 9.90 Å². The zero-order valence-electron chi connectivity index (χ0n) is 22.3. The maximum Gasteiger partial charge on any atom is 0.303 e. The van der Waals surface area contributed by atoms with Gasteiger partial charge in [0.25, 0.3) is 0 Å². The Morgan fingerprint density at radius 2 is 1.58 bits per heavy atom. The zero-order valence-corrected chi connectivity index (χ0v) is 22.3. The Morgan fingerprint density at radius 1 is 0.921 bits per heavy atom. The second kappa shape index (κ2) is 12.4. The van der Waals surface area contributed by atoms with Crippen molar-refractivity contribution in [1.82, 2.24) is 19.4 Å². The van der Waals surface area contributed by atoms with E-state index in [2.05, 4.69) is 100 Å². The first kappa shape index (κ1) is 26.1. The van der Waals surface area contributed by atoms with Crippen LogP contribution in [0.25, 0.3) is 11.0 Å². The van der Waals surface area contributed by atoms with Gasteiger partial charge >= 0.3 is 5.97 Å². The molecule has 0 radical (unpaired) electrons. The molecule has 0 unspecified atom stereocenters. The monoisotopic (exact) mass is 510 g/mol. The number of carboxylic acids is 1. The molecule has 0 bridgehead atoms. The van der Waals surface area contributed by atoms with Gasteiger partial charge < -0.3 is 9.67 Å². The smallest absolute Gasteiger partial charge is 0.303 e. The van der Waals surface area contributed by atoms with Crippen molar-refractivity contribution >= 4 is 17.0 Å². The highest BCUT2D eigenvalue weighted by molar-refractivity contribution is 5.77. The highest BCUT2D eigenvalue weighted by atomic mass is 16.4. The Labute approximate surface area is 225 Å². The van der Waals surface area contributed by atoms with Gasteiger partial charge in [-0.3, -0.25) is 14.6 Å². The SMILES string of the molecule is CCCCn1c(CCC(=O)O)nc2cc(CN3CCN(C(c4ccccc4)c4ccccc4)CC3)ccc21. The fourth-order valence-electron chi connectivity index (χ4n) is 5.62. The minimum Gasteiger partial charge on any atom is -0.481 e. The predicted molar refractivity (Wildman–Crippen MR) is 152 cm³/mol. The Morgan fingerprint density at radius 3 is 2.18 bits per heavy atom. The van der Waals surface area contributed by atoms with E-state index in [4.69, 9.17) is 4.98 Å². The molecule has 6 heteroatoms. The highest BCUT2D eigenvalue weighted by Crippen LogP contribution is 2.30. The number of aromatic nitrogens is 2. The standard InChI is InChI=1S/C32H38N4O2/c1-2-3-18-36-29-15-14-25(23-28(29)33-30(36)16-17-31(37)38)24-34-19-21-35(22-20-34)32(26-10-6-4-7-11-26)27-12-8-5-9-13-27/h4-15,23,32H,2-3,16-22,24H2,1H3,(H,37,38). The Balaban J connectivity index is 1.28. The molecule has 0 spiro atoms. The molecule has 1 fully saturated rings. The van der Waals surface area contributed by atoms with Gasteiger partial charge in [-0.2, -0.15) is 0 Å². The minimum atomic E-state index is -0.777. The quantitative estimate of drug-likeness (QED) is 0.278. The first-order valence-corrected chi connectivity index (χ1v) is 13.9. The fourth-order valence-corrected chi connectivity index (χ4v) is 5.62. The van der Waals surface area contributed by atoms with E-state index in [0.717, 1.165) is 69.0 Å². The number of aryl methyl sites for hydroxylation is 2. The number of unbranched alkanes of at least 4 members (excludes halogenated alkanes) is 1. The van der Waals surface area contributed by atoms with E-state index in [1.165, 1.54) is 16.7 Å². The summed E-state index contributed by atoms with van der Waals surface area (Å²) in [5.41, 5.74) is 6.04. The maximum absolute atomic E-state index is 11.2. The first-order valence-electron chi connectivity index (χ1n) is 13.9. The molecule has 2 heterocycles. The van der Waals surface area contributed by atoms with Crippen LogP contribution in [0.1, 0.15) is 54.7 Å². The summed E-state index contributed by atoms with van der Waals surface area (Å²) in [6.07, 6.45) is 2.73. The van der Waals surface area contributed by atoms with Gasteiger partial charge in [-0.05, 0) is 35.2 Å². The lowest BCUT2D eigenvalue weighted by atomic mass is 9.96. The van der Waals surface area contributed by atoms with Crippen molar-refractivity contribution in [3.63, 3.8) is 0 Å². The molecular weight excluding hydrogens is 472 g/mol. The second-order valence-electron chi connectivity index (χ2n) is 10.3. The van der Waals surface area contributed by atoms with Crippen LogP contribution in [0.5, 0.6) is 0 Å². The zero-order chi connectivity index (χ0) is 26.3. The topological polar surface area (TPSA) is 61.6 Å². The van der Waals surface area contributed by atoms with Gasteiger partial charge in [0.1, 0.15) is 5.82 Å². The van der Waals surface area contributed by atoms with Crippen LogP contribution in [-0.2, 0) is 24.3 Å². The summed E-state index contributed by atoms with van der Waals surface area (Å²) in [5, 5.41) is 9.18. The number of hydrogen-bond acceptors (Lipinski definition) is 4. The fraction of sp³-hybridized carbons (Fsp3) is 0.375. The Kier molecular flexibility index (Phi) is 8.51. The summed E-state index contributed by atoms with van der Waals surface area (Å²) >= 11 is 0. The van der Waals surface area contributed by atoms with Crippen LogP contribution >= 0.6 is 0 Å². The second-order valence-corrected chi connectivity index (χ2v) is 10.3. The number of fused-ring (bicyclic) bond motifs is 1. The number of carboxylic acid groups (broad SMARTS) is 1. The van der Waals surface area contributed by atoms with Crippen molar-refractivity contribution in [2.24, 2.45) is 0 Å². The van der Waals surface area contributed by atoms with Gasteiger partial charge in [-0.25, -0.2) is 4.98 Å². The molecule has 1 saturated heterocycles. The summed E-state index contributed by atoms with van der Waals surface area (Å²) < 4.78 is 2.22. The molecule has 4 aromatic rings. The number of benzene rings is 3. The number of nitrogens with zero attached hydrogens (tertiary/aromatic N) is 4. The van der Waals surface area contributed by atoms with Crippen molar-refractivity contribution in [3.8, 4) is 0 Å². The van der Waals surface area contributed by atoms with E-state index in [-0.39, 0.29) is 12.5 Å². The number of aliphatic carboxylic acids is 1. The van der Waals surface area contributed by atoms with E-state index in [1.54, 1.807) is 0 Å². The predicted octanol–water partition coefficient (Wildman–Crippen LogP) is 5.76. The van der Waals surface area contributed by atoms with Crippen LogP contribution in [0.2, 0.25) is 0 Å². The number of rotatable bonds is 11. The molecule has 1 aliphatic rings. The third kappa shape index (κ3) is 6.14. The third-order valence-electron chi connectivity index (χ3n) is 7.60. The van der Waals surface area contributed by atoms with E-state index < -0.39 is 5.97 Å². The molecule has 1 aromatic heterocycles. The molecule has 6 nitrogen and oxygen atoms in total. The lowest BCUT2D eigenvalue weighted by molar-refractivity contribution is -0.137. The van der Waals surface area contributed by atoms with Gasteiger partial charge in [0.2, 0.25) is 0 Å². The van der Waals surface area contributed by atoms with E-state index in [0.29, 0.717) is 6.42 Å². The summed E-state index contributed by atoms with van der Waals surface area (Å²) in [6.45, 7) is 8.02. The third-order valence-corrected chi connectivity index (χ3v) is 7.60. The summed E-state index contributed by atoms with van der Waals surface area (Å²) in [4.78, 5) is 21.2. The summed E-state index contributed by atoms with van der Waals surface area (Å²) in [6, 6.07) is 28.5. The lowest BCUT2D eigenvalue weighted by Crippen LogP contribution is -2.47. The molecule has 0 atom stereocenters. The van der Waals surface area contributed by atoms with Crippen molar-refractivity contribution in [3.05, 3.63) is 101 Å². The van der Waals surface area contributed by atoms with Crippen molar-refractivity contribution in [2.45, 2.75) is 51.7 Å². The van der Waals surface area contributed by atoms with Crippen molar-refractivity contribution in [1.29, 1.82) is 0 Å². The molecule has 38 heavy (non-hydrogen) atoms. The minimum absolute atomic E-state index is 0.111. The molecule has 0 amide bonds. The molecular formula is C32H38N4O2. The van der Waals surface area contributed by atoms with Crippen LogP contribution in [0, 0.1) is 0 Å². The normalized spacial score (nSPS) is 14.9. The number of hydrogen-bond donors (Lipinski definition) is 1. The van der Waals surface area contributed by atoms with Crippen molar-refractivity contribution in [2.75, 3.05) is 26.2 Å². The van der Waals surface area contributed by atoms with Gasteiger partial charge in [0.15, 0.2) is 0 Å². The van der Waals surface area contributed by atoms with Gasteiger partial charge in [0, 0.05) is 45.7 Å². The molecule has 198 valence electrons. The summed E-state index contributed by atoms with van der Waals surface area (Å²) in [7, 11) is 0. The number of imidazole rings is 1. The van der Waals surface area contributed by atoms with Gasteiger partial charge in [-0.15, -0.1) is 0 Å². The number of piperazine rings is 1. The van der Waals surface area contributed by atoms with E-state index in [1.807, 2.05) is 0 Å². The Bertz CT molecular complexity index is 1290. The van der Waals surface area contributed by atoms with Crippen LogP contribution in [0.15, 0.2) is 78.9 Å².